The van der Waals surface area contributed by atoms with Crippen molar-refractivity contribution in [2.75, 3.05) is 37.4 Å². The largest absolute Gasteiger partial charge is 0.489 e. The minimum atomic E-state index is -2.16. The first-order valence-electron chi connectivity index (χ1n) is 16.8. The van der Waals surface area contributed by atoms with E-state index in [1.54, 1.807) is 12.3 Å². The van der Waals surface area contributed by atoms with Gasteiger partial charge in [0.15, 0.2) is 34.0 Å². The number of urea groups is 1. The van der Waals surface area contributed by atoms with Crippen LogP contribution in [0.3, 0.4) is 0 Å². The van der Waals surface area contributed by atoms with Gasteiger partial charge in [-0.15, -0.1) is 0 Å². The normalized spacial score (nSPS) is 19.5. The van der Waals surface area contributed by atoms with Crippen LogP contribution in [0.25, 0.3) is 0 Å². The molecule has 4 rings (SSSR count). The summed E-state index contributed by atoms with van der Waals surface area (Å²) in [6.07, 6.45) is 1.76. The smallest absolute Gasteiger partial charge is 0.351 e. The van der Waals surface area contributed by atoms with Crippen LogP contribution in [0.5, 0.6) is 17.2 Å². The molecule has 2 aliphatic heterocycles. The van der Waals surface area contributed by atoms with Crippen LogP contribution in [0.15, 0.2) is 29.2 Å². The average Bonchev–Trinajstić information content (AvgIpc) is 3.37. The highest BCUT2D eigenvalue weighted by atomic mass is 32.1. The number of benzene rings is 1. The number of hydrogen-bond acceptors (Lipinski definition) is 10. The van der Waals surface area contributed by atoms with Gasteiger partial charge in [0.1, 0.15) is 30.4 Å². The fraction of sp³-hybridized carbons (Fsp3) is 0.667. The van der Waals surface area contributed by atoms with Crippen molar-refractivity contribution in [3.63, 3.8) is 0 Å². The molecule has 0 saturated carbocycles. The lowest BCUT2D eigenvalue weighted by atomic mass is 10.2. The van der Waals surface area contributed by atoms with Crippen LogP contribution < -0.4 is 31.1 Å². The summed E-state index contributed by atoms with van der Waals surface area (Å²) in [6.45, 7) is 23.7. The van der Waals surface area contributed by atoms with Crippen LogP contribution in [0.4, 0.5) is 16.3 Å². The van der Waals surface area contributed by atoms with Gasteiger partial charge in [0.05, 0.1) is 25.5 Å². The maximum absolute atomic E-state index is 13.5. The molecule has 15 heteroatoms. The molecule has 0 radical (unpaired) electrons. The summed E-state index contributed by atoms with van der Waals surface area (Å²) in [5, 5.41) is 8.79. The molecule has 3 heterocycles. The standard InChI is InChI=1S/C33H55N5O7SSi2/c1-32(2,3)47(7,8)42-21-26-24(45-48(9,10)33(4,5)6)19-27(44-26)38-20-25-29(37-31(38)40)36-28-22(13-11-14-23(28)43-25)41-17-16-35-30(39)34-15-12-18-46/h11,13-14,20,24,26-27,46H,12,15-19,21H2,1-10H3,(H2,34,35,39)(H,36,37,40)/t24-,26+,27+/m0/s1. The SMILES string of the molecule is CC(C)(C)[Si](C)(C)OC[C@H]1O[C@@H](n2cc3c(nc2=O)Nc2c(OCCNC(=O)NCCCS)cccc2O3)C[C@@H]1O[Si](C)(C)C(C)(C)C. The molecule has 268 valence electrons. The zero-order valence-corrected chi connectivity index (χ0v) is 33.1. The monoisotopic (exact) mass is 721 g/mol. The van der Waals surface area contributed by atoms with Crippen LogP contribution in [0, 0.1) is 0 Å². The molecule has 2 amide bonds. The summed E-state index contributed by atoms with van der Waals surface area (Å²) in [5.74, 6) is 2.42. The highest BCUT2D eigenvalue weighted by Crippen LogP contribution is 2.46. The van der Waals surface area contributed by atoms with E-state index in [2.05, 4.69) is 101 Å². The zero-order chi connectivity index (χ0) is 35.5. The van der Waals surface area contributed by atoms with Crippen LogP contribution in [-0.2, 0) is 13.6 Å². The number of anilines is 2. The van der Waals surface area contributed by atoms with Gasteiger partial charge in [-0.05, 0) is 60.6 Å². The van der Waals surface area contributed by atoms with E-state index in [4.69, 9.17) is 23.1 Å². The zero-order valence-electron chi connectivity index (χ0n) is 30.2. The molecule has 0 aliphatic carbocycles. The number of amides is 2. The van der Waals surface area contributed by atoms with Gasteiger partial charge in [-0.2, -0.15) is 17.6 Å². The van der Waals surface area contributed by atoms with Crippen LogP contribution in [0.2, 0.25) is 36.3 Å². The number of ether oxygens (including phenoxy) is 3. The second-order valence-corrected chi connectivity index (χ2v) is 25.5. The van der Waals surface area contributed by atoms with Gasteiger partial charge in [-0.3, -0.25) is 4.57 Å². The Balaban J connectivity index is 1.49. The maximum Gasteiger partial charge on any atom is 0.351 e. The summed E-state index contributed by atoms with van der Waals surface area (Å²) >= 11 is 4.14. The minimum Gasteiger partial charge on any atom is -0.489 e. The predicted octanol–water partition coefficient (Wildman–Crippen LogP) is 6.79. The third kappa shape index (κ3) is 9.15. The highest BCUT2D eigenvalue weighted by molar-refractivity contribution is 7.80. The first kappa shape index (κ1) is 38.2. The number of rotatable bonds is 13. The molecule has 2 aromatic rings. The number of nitrogens with one attached hydrogen (secondary N) is 3. The van der Waals surface area contributed by atoms with E-state index in [1.165, 1.54) is 4.57 Å². The van der Waals surface area contributed by atoms with Crippen molar-refractivity contribution in [3.05, 3.63) is 34.9 Å². The average molecular weight is 722 g/mol. The van der Waals surface area contributed by atoms with Gasteiger partial charge in [-0.25, -0.2) is 9.59 Å². The molecule has 1 saturated heterocycles. The van der Waals surface area contributed by atoms with Crippen molar-refractivity contribution in [3.8, 4) is 17.2 Å². The third-order valence-corrected chi connectivity index (χ3v) is 19.1. The lowest BCUT2D eigenvalue weighted by Crippen LogP contribution is -2.48. The molecule has 0 spiro atoms. The van der Waals surface area contributed by atoms with Crippen molar-refractivity contribution >= 4 is 46.8 Å². The summed E-state index contributed by atoms with van der Waals surface area (Å²) in [4.78, 5) is 29.7. The summed E-state index contributed by atoms with van der Waals surface area (Å²) < 4.78 is 33.7. The van der Waals surface area contributed by atoms with Gasteiger partial charge in [0, 0.05) is 13.0 Å². The first-order valence-corrected chi connectivity index (χ1v) is 23.2. The van der Waals surface area contributed by atoms with E-state index in [0.717, 1.165) is 6.42 Å². The van der Waals surface area contributed by atoms with Crippen LogP contribution >= 0.6 is 12.6 Å². The second kappa shape index (κ2) is 15.1. The summed E-state index contributed by atoms with van der Waals surface area (Å²) in [7, 11) is -4.22. The predicted molar refractivity (Wildman–Crippen MR) is 197 cm³/mol. The Hall–Kier alpha value is -2.57. The highest BCUT2D eigenvalue weighted by Gasteiger charge is 2.47. The molecule has 0 bridgehead atoms. The van der Waals surface area contributed by atoms with E-state index >= 15 is 0 Å². The molecule has 12 nitrogen and oxygen atoms in total. The number of carbonyl (C=O) groups excluding carboxylic acids is 1. The summed E-state index contributed by atoms with van der Waals surface area (Å²) in [6, 6.07) is 5.15. The van der Waals surface area contributed by atoms with Crippen LogP contribution in [-0.4, -0.2) is 76.5 Å². The Morgan fingerprint density at radius 2 is 1.75 bits per heavy atom. The lowest BCUT2D eigenvalue weighted by molar-refractivity contribution is -0.0413. The molecule has 2 aliphatic rings. The fourth-order valence-electron chi connectivity index (χ4n) is 4.77. The minimum absolute atomic E-state index is 0.00661. The van der Waals surface area contributed by atoms with E-state index in [9.17, 15) is 9.59 Å². The molecule has 1 aromatic heterocycles. The Kier molecular flexibility index (Phi) is 12.1. The van der Waals surface area contributed by atoms with Crippen molar-refractivity contribution in [2.45, 2.75) is 109 Å². The van der Waals surface area contributed by atoms with Crippen molar-refractivity contribution < 1.29 is 27.9 Å². The van der Waals surface area contributed by atoms with E-state index in [0.29, 0.717) is 54.8 Å². The van der Waals surface area contributed by atoms with E-state index in [-0.39, 0.29) is 40.7 Å². The van der Waals surface area contributed by atoms with Crippen molar-refractivity contribution in [2.24, 2.45) is 0 Å². The van der Waals surface area contributed by atoms with Gasteiger partial charge in [-0.1, -0.05) is 47.6 Å². The number of hydrogen-bond donors (Lipinski definition) is 4. The molecule has 0 unspecified atom stereocenters. The molecule has 1 aromatic carbocycles. The Morgan fingerprint density at radius 3 is 2.42 bits per heavy atom. The maximum atomic E-state index is 13.5. The summed E-state index contributed by atoms with van der Waals surface area (Å²) in [5.41, 5.74) is 0.0811. The molecular formula is C33H55N5O7SSi2. The molecule has 3 N–H and O–H groups in total. The number of fused-ring (bicyclic) bond motifs is 2. The van der Waals surface area contributed by atoms with Crippen LogP contribution in [0.1, 0.15) is 60.6 Å². The van der Waals surface area contributed by atoms with Crippen molar-refractivity contribution in [1.82, 2.24) is 20.2 Å². The topological polar surface area (TPSA) is 134 Å². The molecule has 48 heavy (non-hydrogen) atoms. The fourth-order valence-corrected chi connectivity index (χ4v) is 7.31. The van der Waals surface area contributed by atoms with E-state index in [1.807, 2.05) is 12.1 Å². The lowest BCUT2D eigenvalue weighted by Gasteiger charge is -2.40. The van der Waals surface area contributed by atoms with Crippen molar-refractivity contribution in [1.29, 1.82) is 0 Å². The van der Waals surface area contributed by atoms with E-state index < -0.39 is 28.6 Å². The molecule has 1 fully saturated rings. The van der Waals surface area contributed by atoms with Gasteiger partial charge >= 0.3 is 11.7 Å². The Morgan fingerprint density at radius 1 is 1.06 bits per heavy atom. The number of carbonyl (C=O) groups is 1. The number of thiol groups is 1. The first-order chi connectivity index (χ1) is 22.3. The molecular weight excluding hydrogens is 667 g/mol. The number of para-hydroxylation sites is 1. The Bertz CT molecular complexity index is 1490. The third-order valence-electron chi connectivity index (χ3n) is 9.79. The Labute approximate surface area is 292 Å². The number of nitrogens with zero attached hydrogens (tertiary/aromatic N) is 2. The molecule has 3 atom stereocenters. The quantitative estimate of drug-likeness (QED) is 0.0856. The number of aromatic nitrogens is 2. The van der Waals surface area contributed by atoms with Gasteiger partial charge in [0.2, 0.25) is 0 Å². The van der Waals surface area contributed by atoms with Gasteiger partial charge in [0.25, 0.3) is 0 Å². The van der Waals surface area contributed by atoms with Gasteiger partial charge < -0.3 is 39.0 Å². The second-order valence-electron chi connectivity index (χ2n) is 15.5.